The molecule has 1 rings (SSSR count). The molecular weight excluding hydrogens is 152 g/mol. The Kier molecular flexibility index (Phi) is 2.25. The molecule has 0 fully saturated rings. The van der Waals surface area contributed by atoms with Gasteiger partial charge < -0.3 is 5.73 Å². The van der Waals surface area contributed by atoms with E-state index >= 15 is 0 Å². The molecule has 6 heteroatoms. The molecule has 0 aromatic carbocycles. The van der Waals surface area contributed by atoms with E-state index in [-0.39, 0.29) is 18.5 Å². The Labute approximate surface area is 62.6 Å². The second kappa shape index (κ2) is 3.00. The number of carbonyl (C=O) groups excluding carboxylic acids is 1. The minimum atomic E-state index is -0.389. The van der Waals surface area contributed by atoms with Crippen LogP contribution in [0.4, 0.5) is 0 Å². The van der Waals surface area contributed by atoms with E-state index < -0.39 is 0 Å². The minimum absolute atomic E-state index is 0.181. The van der Waals surface area contributed by atoms with Crippen LogP contribution < -0.4 is 11.6 Å². The zero-order valence-electron chi connectivity index (χ0n) is 5.23. The van der Waals surface area contributed by atoms with E-state index in [9.17, 15) is 4.79 Å². The molecule has 10 heavy (non-hydrogen) atoms. The normalized spacial score (nSPS) is 25.5. The van der Waals surface area contributed by atoms with Crippen molar-refractivity contribution in [1.29, 1.82) is 0 Å². The molecule has 4 N–H and O–H groups in total. The first-order valence-corrected chi connectivity index (χ1v) is 3.54. The molecule has 0 saturated carbocycles. The molecule has 5 nitrogen and oxygen atoms in total. The van der Waals surface area contributed by atoms with Crippen LogP contribution in [-0.2, 0) is 4.79 Å². The summed E-state index contributed by atoms with van der Waals surface area (Å²) < 4.78 is 1.39. The van der Waals surface area contributed by atoms with Gasteiger partial charge in [0.15, 0.2) is 0 Å². The van der Waals surface area contributed by atoms with E-state index in [2.05, 4.69) is 4.99 Å². The molecule has 1 heterocycles. The third-order valence-corrected chi connectivity index (χ3v) is 1.78. The van der Waals surface area contributed by atoms with Crippen LogP contribution >= 0.6 is 11.9 Å². The van der Waals surface area contributed by atoms with Gasteiger partial charge in [-0.2, -0.15) is 4.41 Å². The summed E-state index contributed by atoms with van der Waals surface area (Å²) in [6, 6.07) is 0. The van der Waals surface area contributed by atoms with E-state index in [1.165, 1.54) is 16.4 Å². The summed E-state index contributed by atoms with van der Waals surface area (Å²) >= 11 is 1.26. The Balaban J connectivity index is 2.40. The van der Waals surface area contributed by atoms with Gasteiger partial charge in [-0.25, -0.2) is 0 Å². The van der Waals surface area contributed by atoms with Crippen molar-refractivity contribution in [2.45, 2.75) is 12.6 Å². The van der Waals surface area contributed by atoms with Crippen LogP contribution in [0, 0.1) is 0 Å². The van der Waals surface area contributed by atoms with E-state index in [1.807, 2.05) is 0 Å². The summed E-state index contributed by atoms with van der Waals surface area (Å²) in [5.74, 6) is 5.00. The van der Waals surface area contributed by atoms with Gasteiger partial charge in [-0.3, -0.25) is 15.6 Å². The predicted molar refractivity (Wildman–Crippen MR) is 39.7 cm³/mol. The molecular formula is C4H8N4OS. The number of rotatable bonds is 2. The van der Waals surface area contributed by atoms with E-state index in [1.54, 1.807) is 5.55 Å². The molecule has 0 aromatic rings. The van der Waals surface area contributed by atoms with Crippen LogP contribution in [0.2, 0.25) is 0 Å². The van der Waals surface area contributed by atoms with Crippen molar-refractivity contribution >= 4 is 23.4 Å². The predicted octanol–water partition coefficient (Wildman–Crippen LogP) is -0.946. The highest BCUT2D eigenvalue weighted by atomic mass is 32.2. The summed E-state index contributed by atoms with van der Waals surface area (Å²) in [5, 5.41) is 0. The van der Waals surface area contributed by atoms with E-state index in [0.29, 0.717) is 0 Å². The number of primary amides is 1. The number of carbonyl (C=O) groups is 1. The number of nitrogens with two attached hydrogens (primary N) is 2. The molecule has 56 valence electrons. The summed E-state index contributed by atoms with van der Waals surface area (Å²) in [5.41, 5.74) is 6.52. The molecule has 1 atom stereocenters. The van der Waals surface area contributed by atoms with Gasteiger partial charge in [0.2, 0.25) is 5.91 Å². The topological polar surface area (TPSA) is 84.7 Å². The molecule has 1 unspecified atom stereocenters. The zero-order chi connectivity index (χ0) is 7.56. The lowest BCUT2D eigenvalue weighted by atomic mass is 10.3. The summed E-state index contributed by atoms with van der Waals surface area (Å²) in [6.07, 6.45) is -0.0949. The highest BCUT2D eigenvalue weighted by Gasteiger charge is 2.20. The lowest BCUT2D eigenvalue weighted by Crippen LogP contribution is -2.34. The van der Waals surface area contributed by atoms with Gasteiger partial charge in [-0.1, -0.05) is 0 Å². The molecule has 0 radical (unpaired) electrons. The van der Waals surface area contributed by atoms with Gasteiger partial charge in [-0.05, 0) is 11.9 Å². The maximum Gasteiger partial charge on any atom is 0.221 e. The Morgan fingerprint density at radius 2 is 2.60 bits per heavy atom. The van der Waals surface area contributed by atoms with Crippen molar-refractivity contribution in [2.75, 3.05) is 0 Å². The second-order valence-corrected chi connectivity index (χ2v) is 2.71. The largest absolute Gasteiger partial charge is 0.370 e. The third kappa shape index (κ3) is 1.69. The van der Waals surface area contributed by atoms with Crippen molar-refractivity contribution in [3.8, 4) is 0 Å². The number of amides is 1. The monoisotopic (exact) mass is 160 g/mol. The van der Waals surface area contributed by atoms with Crippen molar-refractivity contribution in [2.24, 2.45) is 16.6 Å². The number of aliphatic imine (C=N–C) groups is 1. The van der Waals surface area contributed by atoms with Crippen LogP contribution in [0.1, 0.15) is 6.42 Å². The number of nitrogens with zero attached hydrogens (tertiary/aromatic N) is 2. The first-order chi connectivity index (χ1) is 4.70. The molecule has 1 aliphatic rings. The molecule has 1 aliphatic heterocycles. The van der Waals surface area contributed by atoms with Crippen LogP contribution in [0.15, 0.2) is 4.99 Å². The van der Waals surface area contributed by atoms with Gasteiger partial charge in [0, 0.05) is 0 Å². The maximum absolute atomic E-state index is 10.4. The molecule has 0 aliphatic carbocycles. The summed E-state index contributed by atoms with van der Waals surface area (Å²) in [4.78, 5) is 14.3. The van der Waals surface area contributed by atoms with Crippen LogP contribution in [0.25, 0.3) is 0 Å². The fourth-order valence-electron chi connectivity index (χ4n) is 0.610. The lowest BCUT2D eigenvalue weighted by Gasteiger charge is -2.12. The maximum atomic E-state index is 10.4. The Hall–Kier alpha value is -0.590. The van der Waals surface area contributed by atoms with Crippen LogP contribution in [0.5, 0.6) is 0 Å². The summed E-state index contributed by atoms with van der Waals surface area (Å²) in [6.45, 7) is 0. The second-order valence-electron chi connectivity index (χ2n) is 1.87. The van der Waals surface area contributed by atoms with Crippen molar-refractivity contribution in [1.82, 2.24) is 4.41 Å². The van der Waals surface area contributed by atoms with Gasteiger partial charge in [-0.15, -0.1) is 0 Å². The fourth-order valence-corrected chi connectivity index (χ4v) is 1.18. The highest BCUT2D eigenvalue weighted by molar-refractivity contribution is 8.10. The quantitative estimate of drug-likeness (QED) is 0.403. The van der Waals surface area contributed by atoms with Crippen molar-refractivity contribution in [3.05, 3.63) is 0 Å². The van der Waals surface area contributed by atoms with Crippen LogP contribution in [-0.4, -0.2) is 22.0 Å². The Morgan fingerprint density at radius 3 is 3.00 bits per heavy atom. The van der Waals surface area contributed by atoms with Gasteiger partial charge in [0.1, 0.15) is 6.17 Å². The molecule has 0 spiro atoms. The molecule has 1 amide bonds. The number of hydrazine groups is 1. The van der Waals surface area contributed by atoms with Crippen LogP contribution in [0.3, 0.4) is 0 Å². The van der Waals surface area contributed by atoms with Gasteiger partial charge in [0.05, 0.1) is 12.0 Å². The molecule has 0 aromatic heterocycles. The number of hydrogen-bond donors (Lipinski definition) is 2. The Bertz CT molecular complexity index is 171. The van der Waals surface area contributed by atoms with Gasteiger partial charge in [0.25, 0.3) is 0 Å². The summed E-state index contributed by atoms with van der Waals surface area (Å²) in [7, 11) is 0. The zero-order valence-corrected chi connectivity index (χ0v) is 6.04. The number of hydrogen-bond acceptors (Lipinski definition) is 5. The average molecular weight is 160 g/mol. The van der Waals surface area contributed by atoms with E-state index in [4.69, 9.17) is 11.6 Å². The van der Waals surface area contributed by atoms with E-state index in [0.717, 1.165) is 0 Å². The first kappa shape index (κ1) is 7.52. The highest BCUT2D eigenvalue weighted by Crippen LogP contribution is 2.16. The molecule has 0 bridgehead atoms. The Morgan fingerprint density at radius 1 is 1.90 bits per heavy atom. The fraction of sp³-hybridized carbons (Fsp3) is 0.500. The SMILES string of the molecule is NC(=O)CC1N=CSN1N. The van der Waals surface area contributed by atoms with Crippen molar-refractivity contribution in [3.63, 3.8) is 0 Å². The standard InChI is InChI=1S/C4H8N4OS/c5-3(9)1-4-7-2-10-8(4)6/h2,4H,1,6H2,(H2,5,9). The molecule has 0 saturated heterocycles. The van der Waals surface area contributed by atoms with Gasteiger partial charge >= 0.3 is 0 Å². The average Bonchev–Trinajstić information content (AvgIpc) is 2.15. The van der Waals surface area contributed by atoms with Crippen molar-refractivity contribution < 1.29 is 4.79 Å². The third-order valence-electron chi connectivity index (χ3n) is 1.08. The lowest BCUT2D eigenvalue weighted by molar-refractivity contribution is -0.118. The minimum Gasteiger partial charge on any atom is -0.370 e. The smallest absolute Gasteiger partial charge is 0.221 e. The first-order valence-electron chi connectivity index (χ1n) is 2.71.